The van der Waals surface area contributed by atoms with Crippen LogP contribution in [-0.2, 0) is 4.79 Å². The Morgan fingerprint density at radius 3 is 2.03 bits per heavy atom. The normalized spacial score (nSPS) is 13.5. The van der Waals surface area contributed by atoms with Crippen LogP contribution in [0, 0.1) is 26.2 Å². The predicted octanol–water partition coefficient (Wildman–Crippen LogP) is 7.40. The smallest absolute Gasteiger partial charge is 0.354 e. The van der Waals surface area contributed by atoms with Gasteiger partial charge in [-0.2, -0.15) is 13.2 Å². The van der Waals surface area contributed by atoms with Crippen molar-refractivity contribution >= 4 is 33.8 Å². The molecule has 2 amide bonds. The lowest BCUT2D eigenvalue weighted by Crippen LogP contribution is -2.55. The molecule has 0 saturated heterocycles. The summed E-state index contributed by atoms with van der Waals surface area (Å²) in [6.07, 6.45) is -1.92. The van der Waals surface area contributed by atoms with Crippen LogP contribution in [0.2, 0.25) is 0 Å². The monoisotopic (exact) mass is 580 g/mol. The molecule has 1 atom stereocenters. The molecule has 0 aliphatic heterocycles. The summed E-state index contributed by atoms with van der Waals surface area (Å²) in [5.41, 5.74) is 2.28. The fraction of sp³-hybridized carbons (Fsp3) is 0.448. The molecule has 8 heteroatoms. The Bertz CT molecular complexity index is 1170. The first kappa shape index (κ1) is 30.6. The van der Waals surface area contributed by atoms with E-state index in [1.165, 1.54) is 12.1 Å². The first-order valence-electron chi connectivity index (χ1n) is 12.0. The fourth-order valence-electron chi connectivity index (χ4n) is 3.66. The van der Waals surface area contributed by atoms with Gasteiger partial charge >= 0.3 is 6.18 Å². The highest BCUT2D eigenvalue weighted by Crippen LogP contribution is 2.38. The number of amides is 2. The molecule has 2 aromatic carbocycles. The largest absolute Gasteiger partial charge is 0.399 e. The number of hydrogen-bond acceptors (Lipinski definition) is 2. The maximum absolute atomic E-state index is 13.9. The van der Waals surface area contributed by atoms with E-state index >= 15 is 0 Å². The molecule has 0 aliphatic rings. The molecule has 0 spiro atoms. The van der Waals surface area contributed by atoms with Gasteiger partial charge in [0.15, 0.2) is 0 Å². The zero-order valence-electron chi connectivity index (χ0n) is 22.7. The second-order valence-electron chi connectivity index (χ2n) is 11.2. The lowest BCUT2D eigenvalue weighted by atomic mass is 9.91. The van der Waals surface area contributed by atoms with E-state index in [4.69, 9.17) is 0 Å². The standard InChI is InChI=1S/C29H36BrF3N2O2/c1-17-13-21(14-18(2)19(17)3)23(29(31,32)33)12-10-20-9-11-22(24(30)15-20)25(36)35-28(7,8)26(37)34-16-27(4,5)6/h9-15,23H,16H2,1-8H3,(H,34,37)(H,35,36)/b12-10+. The molecule has 202 valence electrons. The Morgan fingerprint density at radius 2 is 1.54 bits per heavy atom. The van der Waals surface area contributed by atoms with E-state index in [9.17, 15) is 22.8 Å². The molecule has 2 aromatic rings. The summed E-state index contributed by atoms with van der Waals surface area (Å²) < 4.78 is 42.2. The minimum Gasteiger partial charge on any atom is -0.354 e. The van der Waals surface area contributed by atoms with Crippen molar-refractivity contribution in [3.63, 3.8) is 0 Å². The quantitative estimate of drug-likeness (QED) is 0.358. The zero-order chi connectivity index (χ0) is 28.3. The van der Waals surface area contributed by atoms with Gasteiger partial charge in [-0.05, 0) is 95.9 Å². The number of halogens is 4. The van der Waals surface area contributed by atoms with Gasteiger partial charge in [-0.3, -0.25) is 9.59 Å². The molecule has 0 heterocycles. The summed E-state index contributed by atoms with van der Waals surface area (Å²) in [7, 11) is 0. The average molecular weight is 582 g/mol. The van der Waals surface area contributed by atoms with Crippen LogP contribution < -0.4 is 10.6 Å². The van der Waals surface area contributed by atoms with Crippen molar-refractivity contribution in [2.45, 2.75) is 73.0 Å². The van der Waals surface area contributed by atoms with Gasteiger partial charge in [0.05, 0.1) is 11.5 Å². The van der Waals surface area contributed by atoms with Crippen LogP contribution in [0.1, 0.15) is 78.7 Å². The number of aryl methyl sites for hydroxylation is 2. The van der Waals surface area contributed by atoms with Crippen LogP contribution in [0.15, 0.2) is 40.9 Å². The molecule has 2 rings (SSSR count). The third-order valence-corrected chi connectivity index (χ3v) is 6.81. The molecular formula is C29H36BrF3N2O2. The lowest BCUT2D eigenvalue weighted by molar-refractivity contribution is -0.139. The highest BCUT2D eigenvalue weighted by Gasteiger charge is 2.39. The molecule has 0 aliphatic carbocycles. The summed E-state index contributed by atoms with van der Waals surface area (Å²) in [6.45, 7) is 15.2. The van der Waals surface area contributed by atoms with Crippen molar-refractivity contribution in [1.82, 2.24) is 10.6 Å². The van der Waals surface area contributed by atoms with Crippen LogP contribution >= 0.6 is 15.9 Å². The average Bonchev–Trinajstić information content (AvgIpc) is 2.74. The first-order valence-corrected chi connectivity index (χ1v) is 12.8. The maximum Gasteiger partial charge on any atom is 0.399 e. The van der Waals surface area contributed by atoms with Crippen LogP contribution in [0.25, 0.3) is 6.08 Å². The number of alkyl halides is 3. The third-order valence-electron chi connectivity index (χ3n) is 6.15. The van der Waals surface area contributed by atoms with Crippen molar-refractivity contribution in [3.05, 3.63) is 74.3 Å². The lowest BCUT2D eigenvalue weighted by Gasteiger charge is -2.28. The summed E-state index contributed by atoms with van der Waals surface area (Å²) in [6, 6.07) is 7.82. The molecule has 2 N–H and O–H groups in total. The van der Waals surface area contributed by atoms with Crippen LogP contribution in [-0.4, -0.2) is 30.1 Å². The summed E-state index contributed by atoms with van der Waals surface area (Å²) in [5, 5.41) is 5.57. The minimum atomic E-state index is -4.46. The third kappa shape index (κ3) is 8.45. The van der Waals surface area contributed by atoms with Gasteiger partial charge in [-0.1, -0.05) is 51.1 Å². The molecular weight excluding hydrogens is 545 g/mol. The van der Waals surface area contributed by atoms with E-state index in [-0.39, 0.29) is 22.4 Å². The van der Waals surface area contributed by atoms with Gasteiger partial charge in [-0.15, -0.1) is 0 Å². The Hall–Kier alpha value is -2.61. The van der Waals surface area contributed by atoms with Gasteiger partial charge in [0, 0.05) is 11.0 Å². The second kappa shape index (κ2) is 11.4. The van der Waals surface area contributed by atoms with Crippen LogP contribution in [0.5, 0.6) is 0 Å². The molecule has 37 heavy (non-hydrogen) atoms. The van der Waals surface area contributed by atoms with Gasteiger partial charge in [0.25, 0.3) is 5.91 Å². The Morgan fingerprint density at radius 1 is 0.973 bits per heavy atom. The van der Waals surface area contributed by atoms with Crippen molar-refractivity contribution in [3.8, 4) is 0 Å². The topological polar surface area (TPSA) is 58.2 Å². The maximum atomic E-state index is 13.9. The minimum absolute atomic E-state index is 0.107. The van der Waals surface area contributed by atoms with E-state index in [2.05, 4.69) is 26.6 Å². The molecule has 1 unspecified atom stereocenters. The molecule has 0 bridgehead atoms. The molecule has 0 radical (unpaired) electrons. The predicted molar refractivity (Wildman–Crippen MR) is 147 cm³/mol. The first-order chi connectivity index (χ1) is 16.8. The highest BCUT2D eigenvalue weighted by molar-refractivity contribution is 9.10. The highest BCUT2D eigenvalue weighted by atomic mass is 79.9. The number of hydrogen-bond donors (Lipinski definition) is 2. The van der Waals surface area contributed by atoms with Crippen molar-refractivity contribution in [2.24, 2.45) is 5.41 Å². The van der Waals surface area contributed by atoms with E-state index in [1.54, 1.807) is 52.0 Å². The Kier molecular flexibility index (Phi) is 9.45. The van der Waals surface area contributed by atoms with Gasteiger partial charge in [0.1, 0.15) is 5.54 Å². The van der Waals surface area contributed by atoms with E-state index < -0.39 is 23.5 Å². The number of carbonyl (C=O) groups excluding carboxylic acids is 2. The number of benzene rings is 2. The van der Waals surface area contributed by atoms with Crippen molar-refractivity contribution < 1.29 is 22.8 Å². The Labute approximate surface area is 226 Å². The number of carbonyl (C=O) groups is 2. The Balaban J connectivity index is 2.24. The molecule has 4 nitrogen and oxygen atoms in total. The summed E-state index contributed by atoms with van der Waals surface area (Å²) >= 11 is 3.35. The molecule has 0 saturated carbocycles. The fourth-order valence-corrected chi connectivity index (χ4v) is 4.24. The number of rotatable bonds is 7. The van der Waals surface area contributed by atoms with Crippen LogP contribution in [0.4, 0.5) is 13.2 Å². The van der Waals surface area contributed by atoms with Crippen molar-refractivity contribution in [1.29, 1.82) is 0 Å². The van der Waals surface area contributed by atoms with Gasteiger partial charge < -0.3 is 10.6 Å². The summed E-state index contributed by atoms with van der Waals surface area (Å²) in [5.74, 6) is -2.55. The van der Waals surface area contributed by atoms with Crippen LogP contribution in [0.3, 0.4) is 0 Å². The van der Waals surface area contributed by atoms with E-state index in [0.29, 0.717) is 16.6 Å². The second-order valence-corrected chi connectivity index (χ2v) is 12.1. The van der Waals surface area contributed by atoms with E-state index in [0.717, 1.165) is 22.8 Å². The SMILES string of the molecule is Cc1cc(C(/C=C/c2ccc(C(=O)NC(C)(C)C(=O)NCC(C)(C)C)c(Br)c2)C(F)(F)F)cc(C)c1C. The van der Waals surface area contributed by atoms with E-state index in [1.807, 2.05) is 27.7 Å². The zero-order valence-corrected chi connectivity index (χ0v) is 24.2. The number of nitrogens with one attached hydrogen (secondary N) is 2. The van der Waals surface area contributed by atoms with Gasteiger partial charge in [0.2, 0.25) is 5.91 Å². The summed E-state index contributed by atoms with van der Waals surface area (Å²) in [4.78, 5) is 25.5. The molecule has 0 aromatic heterocycles. The number of allylic oxidation sites excluding steroid dienone is 1. The molecule has 0 fully saturated rings. The van der Waals surface area contributed by atoms with Crippen molar-refractivity contribution in [2.75, 3.05) is 6.54 Å². The van der Waals surface area contributed by atoms with Gasteiger partial charge in [-0.25, -0.2) is 0 Å².